The van der Waals surface area contributed by atoms with Crippen LogP contribution < -0.4 is 4.90 Å². The summed E-state index contributed by atoms with van der Waals surface area (Å²) in [5.74, 6) is 0.188. The molecule has 1 aromatic heterocycles. The van der Waals surface area contributed by atoms with Gasteiger partial charge in [0.1, 0.15) is 11.8 Å². The third-order valence-corrected chi connectivity index (χ3v) is 5.28. The maximum atomic E-state index is 12.5. The monoisotopic (exact) mass is 378 g/mol. The van der Waals surface area contributed by atoms with Gasteiger partial charge in [-0.25, -0.2) is 4.79 Å². The van der Waals surface area contributed by atoms with Crippen molar-refractivity contribution in [2.24, 2.45) is 0 Å². The fourth-order valence-electron chi connectivity index (χ4n) is 3.02. The van der Waals surface area contributed by atoms with Gasteiger partial charge in [-0.1, -0.05) is 0 Å². The van der Waals surface area contributed by atoms with E-state index >= 15 is 0 Å². The standard InChI is InChI=1S/C18H22N2O5S/c1-3-24-17(22)12(2)20-16(21)14(26-18(20)23)11-13-7-8-15(25-13)19-9-5-4-6-10-19/h7-8,11-12H,3-6,9-10H2,1-2H3/b14-11+/t12-/m0/s1. The molecule has 140 valence electrons. The topological polar surface area (TPSA) is 80.1 Å². The number of hydrogen-bond donors (Lipinski definition) is 0. The van der Waals surface area contributed by atoms with E-state index in [1.807, 2.05) is 6.07 Å². The minimum Gasteiger partial charge on any atom is -0.464 e. The number of piperidine rings is 1. The Morgan fingerprint density at radius 2 is 2.04 bits per heavy atom. The molecule has 0 aromatic carbocycles. The number of nitrogens with zero attached hydrogens (tertiary/aromatic N) is 2. The first-order chi connectivity index (χ1) is 12.5. The molecule has 1 atom stereocenters. The van der Waals surface area contributed by atoms with Gasteiger partial charge in [0.05, 0.1) is 11.5 Å². The highest BCUT2D eigenvalue weighted by atomic mass is 32.2. The first-order valence-corrected chi connectivity index (χ1v) is 9.61. The quantitative estimate of drug-likeness (QED) is 0.575. The van der Waals surface area contributed by atoms with Gasteiger partial charge >= 0.3 is 5.97 Å². The number of ether oxygens (including phenoxy) is 1. The van der Waals surface area contributed by atoms with Gasteiger partial charge in [-0.2, -0.15) is 0 Å². The molecule has 7 nitrogen and oxygen atoms in total. The zero-order valence-electron chi connectivity index (χ0n) is 14.9. The van der Waals surface area contributed by atoms with E-state index in [0.717, 1.165) is 48.5 Å². The Labute approximate surface area is 156 Å². The molecule has 0 aliphatic carbocycles. The number of anilines is 1. The van der Waals surface area contributed by atoms with Crippen LogP contribution in [0.5, 0.6) is 0 Å². The number of amides is 2. The van der Waals surface area contributed by atoms with Gasteiger partial charge in [-0.05, 0) is 50.9 Å². The van der Waals surface area contributed by atoms with Gasteiger partial charge < -0.3 is 14.1 Å². The fourth-order valence-corrected chi connectivity index (χ4v) is 3.90. The van der Waals surface area contributed by atoms with E-state index in [0.29, 0.717) is 5.76 Å². The van der Waals surface area contributed by atoms with Crippen molar-refractivity contribution in [3.05, 3.63) is 22.8 Å². The lowest BCUT2D eigenvalue weighted by atomic mass is 10.1. The maximum Gasteiger partial charge on any atom is 0.329 e. The zero-order chi connectivity index (χ0) is 18.7. The number of furan rings is 1. The highest BCUT2D eigenvalue weighted by molar-refractivity contribution is 8.18. The van der Waals surface area contributed by atoms with E-state index in [1.165, 1.54) is 13.3 Å². The Balaban J connectivity index is 1.73. The largest absolute Gasteiger partial charge is 0.464 e. The van der Waals surface area contributed by atoms with Gasteiger partial charge in [-0.15, -0.1) is 0 Å². The Morgan fingerprint density at radius 1 is 1.31 bits per heavy atom. The van der Waals surface area contributed by atoms with Crippen molar-refractivity contribution in [2.75, 3.05) is 24.6 Å². The average molecular weight is 378 g/mol. The molecule has 0 spiro atoms. The normalized spacial score (nSPS) is 20.8. The molecule has 2 aliphatic heterocycles. The number of thioether (sulfide) groups is 1. The number of esters is 1. The Morgan fingerprint density at radius 3 is 2.73 bits per heavy atom. The fraction of sp³-hybridized carbons (Fsp3) is 0.500. The van der Waals surface area contributed by atoms with Crippen LogP contribution in [0, 0.1) is 0 Å². The lowest BCUT2D eigenvalue weighted by molar-refractivity contribution is -0.150. The van der Waals surface area contributed by atoms with Crippen LogP contribution in [-0.4, -0.2) is 47.8 Å². The minimum atomic E-state index is -0.950. The van der Waals surface area contributed by atoms with Crippen molar-refractivity contribution in [1.82, 2.24) is 4.90 Å². The van der Waals surface area contributed by atoms with Crippen molar-refractivity contribution in [1.29, 1.82) is 0 Å². The van der Waals surface area contributed by atoms with E-state index in [-0.39, 0.29) is 11.5 Å². The molecule has 2 aliphatic rings. The van der Waals surface area contributed by atoms with Gasteiger partial charge in [0.25, 0.3) is 11.1 Å². The highest BCUT2D eigenvalue weighted by Gasteiger charge is 2.41. The molecular formula is C18H22N2O5S. The number of carbonyl (C=O) groups is 3. The summed E-state index contributed by atoms with van der Waals surface area (Å²) in [5, 5.41) is -0.482. The molecule has 0 bridgehead atoms. The van der Waals surface area contributed by atoms with E-state index in [2.05, 4.69) is 4.90 Å². The van der Waals surface area contributed by atoms with Gasteiger partial charge in [0.2, 0.25) is 0 Å². The molecular weight excluding hydrogens is 356 g/mol. The second kappa shape index (κ2) is 7.99. The van der Waals surface area contributed by atoms with E-state index in [4.69, 9.17) is 9.15 Å². The summed E-state index contributed by atoms with van der Waals surface area (Å²) in [6.45, 7) is 5.27. The van der Waals surface area contributed by atoms with Crippen molar-refractivity contribution >= 4 is 40.8 Å². The Hall–Kier alpha value is -2.22. The van der Waals surface area contributed by atoms with Crippen LogP contribution in [0.4, 0.5) is 10.7 Å². The van der Waals surface area contributed by atoms with E-state index in [1.54, 1.807) is 19.1 Å². The lowest BCUT2D eigenvalue weighted by Gasteiger charge is -2.25. The predicted octanol–water partition coefficient (Wildman–Crippen LogP) is 3.26. The molecule has 26 heavy (non-hydrogen) atoms. The summed E-state index contributed by atoms with van der Waals surface area (Å²) in [6, 6.07) is 2.71. The maximum absolute atomic E-state index is 12.5. The summed E-state index contributed by atoms with van der Waals surface area (Å²) in [4.78, 5) is 39.9. The second-order valence-electron chi connectivity index (χ2n) is 6.20. The van der Waals surface area contributed by atoms with Crippen LogP contribution in [-0.2, 0) is 14.3 Å². The van der Waals surface area contributed by atoms with Gasteiger partial charge in [-0.3, -0.25) is 14.5 Å². The molecule has 0 unspecified atom stereocenters. The molecule has 3 heterocycles. The third-order valence-electron chi connectivity index (χ3n) is 4.39. The van der Waals surface area contributed by atoms with Crippen LogP contribution in [0.1, 0.15) is 38.9 Å². The number of rotatable bonds is 5. The first-order valence-electron chi connectivity index (χ1n) is 8.79. The first kappa shape index (κ1) is 18.6. The summed E-state index contributed by atoms with van der Waals surface area (Å²) in [5.41, 5.74) is 0. The van der Waals surface area contributed by atoms with Crippen LogP contribution in [0.2, 0.25) is 0 Å². The third kappa shape index (κ3) is 3.80. The molecule has 2 fully saturated rings. The molecule has 2 saturated heterocycles. The smallest absolute Gasteiger partial charge is 0.329 e. The van der Waals surface area contributed by atoms with Crippen molar-refractivity contribution in [3.63, 3.8) is 0 Å². The van der Waals surface area contributed by atoms with Crippen molar-refractivity contribution in [3.8, 4) is 0 Å². The zero-order valence-corrected chi connectivity index (χ0v) is 15.7. The van der Waals surface area contributed by atoms with Gasteiger partial charge in [0, 0.05) is 25.2 Å². The minimum absolute atomic E-state index is 0.195. The molecule has 1 aromatic rings. The van der Waals surface area contributed by atoms with Crippen LogP contribution in [0.25, 0.3) is 6.08 Å². The van der Waals surface area contributed by atoms with Gasteiger partial charge in [0.15, 0.2) is 5.88 Å². The highest BCUT2D eigenvalue weighted by Crippen LogP contribution is 2.34. The number of carbonyl (C=O) groups excluding carboxylic acids is 3. The second-order valence-corrected chi connectivity index (χ2v) is 7.20. The van der Waals surface area contributed by atoms with Crippen LogP contribution >= 0.6 is 11.8 Å². The van der Waals surface area contributed by atoms with Crippen LogP contribution in [0.3, 0.4) is 0 Å². The number of hydrogen-bond acceptors (Lipinski definition) is 7. The molecule has 8 heteroatoms. The lowest BCUT2D eigenvalue weighted by Crippen LogP contribution is -2.42. The summed E-state index contributed by atoms with van der Waals surface area (Å²) >= 11 is 0.802. The van der Waals surface area contributed by atoms with Crippen LogP contribution in [0.15, 0.2) is 21.5 Å². The van der Waals surface area contributed by atoms with Crippen molar-refractivity contribution in [2.45, 2.75) is 39.2 Å². The van der Waals surface area contributed by atoms with E-state index in [9.17, 15) is 14.4 Å². The molecule has 0 radical (unpaired) electrons. The average Bonchev–Trinajstić information content (AvgIpc) is 3.20. The van der Waals surface area contributed by atoms with Crippen molar-refractivity contribution < 1.29 is 23.5 Å². The Kier molecular flexibility index (Phi) is 5.70. The summed E-state index contributed by atoms with van der Waals surface area (Å²) in [6.07, 6.45) is 5.06. The number of imide groups is 1. The summed E-state index contributed by atoms with van der Waals surface area (Å²) < 4.78 is 10.7. The Bertz CT molecular complexity index is 736. The molecule has 0 N–H and O–H groups in total. The molecule has 2 amide bonds. The predicted molar refractivity (Wildman–Crippen MR) is 98.7 cm³/mol. The van der Waals surface area contributed by atoms with E-state index < -0.39 is 23.2 Å². The molecule has 0 saturated carbocycles. The molecule has 3 rings (SSSR count). The summed E-state index contributed by atoms with van der Waals surface area (Å²) in [7, 11) is 0. The SMILES string of the molecule is CCOC(=O)[C@H](C)N1C(=O)S/C(=C/c2ccc(N3CCCCC3)o2)C1=O.